The highest BCUT2D eigenvalue weighted by Gasteiger charge is 2.17. The summed E-state index contributed by atoms with van der Waals surface area (Å²) in [6.07, 6.45) is 5.34. The Hall–Kier alpha value is -0.730. The van der Waals surface area contributed by atoms with E-state index in [2.05, 4.69) is 10.6 Å². The minimum Gasteiger partial charge on any atom is -0.210 e. The zero-order valence-electron chi connectivity index (χ0n) is 8.20. The van der Waals surface area contributed by atoms with Crippen LogP contribution in [-0.2, 0) is 10.0 Å². The number of benzene rings is 1. The lowest BCUT2D eigenvalue weighted by atomic mass is 10.4. The summed E-state index contributed by atoms with van der Waals surface area (Å²) in [6.45, 7) is 0.168. The molecule has 0 saturated carbocycles. The Kier molecular flexibility index (Phi) is 4.63. The maximum atomic E-state index is 11.8. The molecule has 3 nitrogen and oxygen atoms in total. The second-order valence-electron chi connectivity index (χ2n) is 2.93. The zero-order valence-corrected chi connectivity index (χ0v) is 10.5. The van der Waals surface area contributed by atoms with Crippen molar-refractivity contribution in [3.63, 3.8) is 0 Å². The Morgan fingerprint density at radius 1 is 1.38 bits per heavy atom. The van der Waals surface area contributed by atoms with Gasteiger partial charge in [-0.25, -0.2) is 13.1 Å². The molecule has 0 aliphatic heterocycles. The van der Waals surface area contributed by atoms with Crippen LogP contribution in [0.15, 0.2) is 23.1 Å². The molecule has 0 aliphatic rings. The summed E-state index contributed by atoms with van der Waals surface area (Å²) in [5.41, 5.74) is 0. The average Bonchev–Trinajstić information content (AvgIpc) is 2.22. The van der Waals surface area contributed by atoms with Crippen molar-refractivity contribution in [2.24, 2.45) is 0 Å². The van der Waals surface area contributed by atoms with Crippen molar-refractivity contribution in [3.05, 3.63) is 28.2 Å². The Morgan fingerprint density at radius 3 is 2.69 bits per heavy atom. The summed E-state index contributed by atoms with van der Waals surface area (Å²) in [4.78, 5) is -0.0429. The van der Waals surface area contributed by atoms with Crippen molar-refractivity contribution in [3.8, 4) is 12.3 Å². The molecule has 0 saturated heterocycles. The van der Waals surface area contributed by atoms with Crippen molar-refractivity contribution in [1.82, 2.24) is 4.72 Å². The van der Waals surface area contributed by atoms with Crippen molar-refractivity contribution in [1.29, 1.82) is 0 Å². The van der Waals surface area contributed by atoms with Gasteiger partial charge in [0.2, 0.25) is 10.0 Å². The van der Waals surface area contributed by atoms with Gasteiger partial charge in [0, 0.05) is 18.0 Å². The van der Waals surface area contributed by atoms with Gasteiger partial charge in [-0.15, -0.1) is 12.3 Å². The van der Waals surface area contributed by atoms with E-state index in [1.54, 1.807) is 0 Å². The summed E-state index contributed by atoms with van der Waals surface area (Å²) in [5, 5.41) is 0.430. The molecule has 6 heteroatoms. The van der Waals surface area contributed by atoms with Crippen molar-refractivity contribution in [2.45, 2.75) is 11.3 Å². The second-order valence-corrected chi connectivity index (χ2v) is 5.51. The Bertz CT molecular complexity index is 520. The first kappa shape index (κ1) is 13.3. The van der Waals surface area contributed by atoms with Crippen LogP contribution in [0.3, 0.4) is 0 Å². The maximum Gasteiger partial charge on any atom is 0.242 e. The lowest BCUT2D eigenvalue weighted by molar-refractivity contribution is 0.582. The summed E-state index contributed by atoms with van der Waals surface area (Å²) in [5.74, 6) is 2.33. The fraction of sp³-hybridized carbons (Fsp3) is 0.200. The Labute approximate surface area is 105 Å². The number of hydrogen-bond donors (Lipinski definition) is 1. The van der Waals surface area contributed by atoms with E-state index in [9.17, 15) is 8.42 Å². The largest absolute Gasteiger partial charge is 0.242 e. The lowest BCUT2D eigenvalue weighted by Gasteiger charge is -2.07. The van der Waals surface area contributed by atoms with E-state index in [0.717, 1.165) is 0 Å². The van der Waals surface area contributed by atoms with E-state index < -0.39 is 10.0 Å². The fourth-order valence-electron chi connectivity index (χ4n) is 1.02. The van der Waals surface area contributed by atoms with Gasteiger partial charge in [0.25, 0.3) is 0 Å². The topological polar surface area (TPSA) is 46.2 Å². The molecule has 0 aromatic heterocycles. The molecule has 1 rings (SSSR count). The Morgan fingerprint density at radius 2 is 2.06 bits per heavy atom. The molecule has 0 radical (unpaired) electrons. The molecular formula is C10H9Cl2NO2S. The average molecular weight is 278 g/mol. The van der Waals surface area contributed by atoms with Gasteiger partial charge in [-0.05, 0) is 18.2 Å². The van der Waals surface area contributed by atoms with E-state index in [-0.39, 0.29) is 16.5 Å². The minimum absolute atomic E-state index is 0.0429. The number of sulfonamides is 1. The molecule has 0 atom stereocenters. The van der Waals surface area contributed by atoms with Gasteiger partial charge in [-0.2, -0.15) is 0 Å². The monoisotopic (exact) mass is 277 g/mol. The van der Waals surface area contributed by atoms with Gasteiger partial charge in [0.15, 0.2) is 0 Å². The molecule has 86 valence electrons. The van der Waals surface area contributed by atoms with Crippen LogP contribution < -0.4 is 4.72 Å². The standard InChI is InChI=1S/C10H9Cl2NO2S/c1-2-3-6-13-16(14,15)10-7-8(11)4-5-9(10)12/h1,4-5,7,13H,3,6H2. The first-order chi connectivity index (χ1) is 7.47. The molecule has 0 unspecified atom stereocenters. The molecular weight excluding hydrogens is 269 g/mol. The van der Waals surface area contributed by atoms with Gasteiger partial charge in [-0.3, -0.25) is 0 Å². The number of nitrogens with one attached hydrogen (secondary N) is 1. The normalized spacial score (nSPS) is 11.1. The molecule has 1 N–H and O–H groups in total. The molecule has 0 amide bonds. The second kappa shape index (κ2) is 5.55. The van der Waals surface area contributed by atoms with E-state index >= 15 is 0 Å². The van der Waals surface area contributed by atoms with Crippen LogP contribution >= 0.6 is 23.2 Å². The van der Waals surface area contributed by atoms with Gasteiger partial charge in [0.05, 0.1) is 5.02 Å². The highest BCUT2D eigenvalue weighted by Crippen LogP contribution is 2.24. The molecule has 0 aliphatic carbocycles. The number of terminal acetylenes is 1. The van der Waals surface area contributed by atoms with E-state index in [1.165, 1.54) is 18.2 Å². The first-order valence-corrected chi connectivity index (χ1v) is 6.59. The van der Waals surface area contributed by atoms with E-state index in [4.69, 9.17) is 29.6 Å². The molecule has 16 heavy (non-hydrogen) atoms. The fourth-order valence-corrected chi connectivity index (χ4v) is 2.81. The molecule has 1 aromatic rings. The van der Waals surface area contributed by atoms with Crippen molar-refractivity contribution in [2.75, 3.05) is 6.54 Å². The third kappa shape index (κ3) is 3.39. The van der Waals surface area contributed by atoms with Crippen LogP contribution in [-0.4, -0.2) is 15.0 Å². The van der Waals surface area contributed by atoms with Crippen LogP contribution in [0.2, 0.25) is 10.0 Å². The molecule has 0 spiro atoms. The predicted octanol–water partition coefficient (Wildman–Crippen LogP) is 2.29. The highest BCUT2D eigenvalue weighted by molar-refractivity contribution is 7.89. The maximum absolute atomic E-state index is 11.8. The molecule has 0 heterocycles. The molecule has 0 bridgehead atoms. The summed E-state index contributed by atoms with van der Waals surface area (Å²) < 4.78 is 25.8. The summed E-state index contributed by atoms with van der Waals surface area (Å²) in [7, 11) is -3.65. The van der Waals surface area contributed by atoms with Crippen LogP contribution in [0.1, 0.15) is 6.42 Å². The SMILES string of the molecule is C#CCCNS(=O)(=O)c1cc(Cl)ccc1Cl. The summed E-state index contributed by atoms with van der Waals surface area (Å²) in [6, 6.07) is 4.24. The highest BCUT2D eigenvalue weighted by atomic mass is 35.5. The predicted molar refractivity (Wildman–Crippen MR) is 65.1 cm³/mol. The quantitative estimate of drug-likeness (QED) is 0.678. The van der Waals surface area contributed by atoms with Crippen LogP contribution in [0, 0.1) is 12.3 Å². The van der Waals surface area contributed by atoms with Crippen LogP contribution in [0.4, 0.5) is 0 Å². The van der Waals surface area contributed by atoms with Crippen molar-refractivity contribution < 1.29 is 8.42 Å². The Balaban J connectivity index is 2.99. The molecule has 1 aromatic carbocycles. The van der Waals surface area contributed by atoms with Crippen molar-refractivity contribution >= 4 is 33.2 Å². The summed E-state index contributed by atoms with van der Waals surface area (Å²) >= 11 is 11.5. The number of halogens is 2. The third-order valence-corrected chi connectivity index (χ3v) is 3.92. The zero-order chi connectivity index (χ0) is 12.2. The van der Waals surface area contributed by atoms with Gasteiger partial charge < -0.3 is 0 Å². The van der Waals surface area contributed by atoms with Gasteiger partial charge in [-0.1, -0.05) is 23.2 Å². The van der Waals surface area contributed by atoms with Crippen LogP contribution in [0.25, 0.3) is 0 Å². The lowest BCUT2D eigenvalue weighted by Crippen LogP contribution is -2.24. The van der Waals surface area contributed by atoms with E-state index in [1.807, 2.05) is 0 Å². The smallest absolute Gasteiger partial charge is 0.210 e. The van der Waals surface area contributed by atoms with Gasteiger partial charge >= 0.3 is 0 Å². The first-order valence-electron chi connectivity index (χ1n) is 4.35. The van der Waals surface area contributed by atoms with E-state index in [0.29, 0.717) is 11.4 Å². The van der Waals surface area contributed by atoms with Gasteiger partial charge in [0.1, 0.15) is 4.90 Å². The number of hydrogen-bond acceptors (Lipinski definition) is 2. The third-order valence-electron chi connectivity index (χ3n) is 1.74. The number of rotatable bonds is 4. The van der Waals surface area contributed by atoms with Crippen LogP contribution in [0.5, 0.6) is 0 Å². The minimum atomic E-state index is -3.65. The molecule has 0 fully saturated rings.